The zero-order valence-corrected chi connectivity index (χ0v) is 13.8. The maximum absolute atomic E-state index is 13.2. The summed E-state index contributed by atoms with van der Waals surface area (Å²) in [6.07, 6.45) is -4.79. The maximum atomic E-state index is 13.2. The standard InChI is InChI=1S/C20H15F3O3/c1-2-25-19(24)16-12-17(26-18(16)20(21,22)23)15-10-8-14(9-11-15)13-6-4-3-5-7-13/h3-12H,2H2,1H3. The van der Waals surface area contributed by atoms with Gasteiger partial charge in [-0.3, -0.25) is 0 Å². The van der Waals surface area contributed by atoms with E-state index in [9.17, 15) is 18.0 Å². The molecule has 0 aliphatic rings. The summed E-state index contributed by atoms with van der Waals surface area (Å²) in [7, 11) is 0. The van der Waals surface area contributed by atoms with Crippen LogP contribution in [0.4, 0.5) is 13.2 Å². The number of alkyl halides is 3. The van der Waals surface area contributed by atoms with E-state index in [4.69, 9.17) is 9.15 Å². The quantitative estimate of drug-likeness (QED) is 0.551. The van der Waals surface area contributed by atoms with Crippen molar-refractivity contribution in [2.45, 2.75) is 13.1 Å². The average Bonchev–Trinajstić information content (AvgIpc) is 3.09. The fourth-order valence-electron chi connectivity index (χ4n) is 2.56. The van der Waals surface area contributed by atoms with Crippen LogP contribution in [0.5, 0.6) is 0 Å². The summed E-state index contributed by atoms with van der Waals surface area (Å²) in [5.74, 6) is -2.45. The highest BCUT2D eigenvalue weighted by molar-refractivity contribution is 5.92. The van der Waals surface area contributed by atoms with E-state index >= 15 is 0 Å². The van der Waals surface area contributed by atoms with Gasteiger partial charge in [-0.2, -0.15) is 13.2 Å². The van der Waals surface area contributed by atoms with Gasteiger partial charge in [-0.1, -0.05) is 54.6 Å². The Labute approximate surface area is 148 Å². The van der Waals surface area contributed by atoms with E-state index < -0.39 is 23.5 Å². The monoisotopic (exact) mass is 360 g/mol. The summed E-state index contributed by atoms with van der Waals surface area (Å²) in [6.45, 7) is 1.50. The zero-order chi connectivity index (χ0) is 18.7. The first-order valence-electron chi connectivity index (χ1n) is 7.94. The Morgan fingerprint density at radius 3 is 2.12 bits per heavy atom. The molecule has 3 aromatic rings. The minimum Gasteiger partial charge on any atom is -0.462 e. The van der Waals surface area contributed by atoms with Gasteiger partial charge in [0, 0.05) is 5.56 Å². The lowest BCUT2D eigenvalue weighted by molar-refractivity contribution is -0.153. The number of halogens is 3. The van der Waals surface area contributed by atoms with Crippen molar-refractivity contribution in [3.8, 4) is 22.5 Å². The van der Waals surface area contributed by atoms with Crippen LogP contribution < -0.4 is 0 Å². The molecule has 0 atom stereocenters. The second kappa shape index (κ2) is 7.07. The van der Waals surface area contributed by atoms with Crippen molar-refractivity contribution in [1.29, 1.82) is 0 Å². The number of furan rings is 1. The molecule has 0 N–H and O–H groups in total. The Kier molecular flexibility index (Phi) is 4.84. The van der Waals surface area contributed by atoms with Crippen molar-refractivity contribution < 1.29 is 27.1 Å². The first-order valence-corrected chi connectivity index (χ1v) is 7.94. The summed E-state index contributed by atoms with van der Waals surface area (Å²) in [5.41, 5.74) is 1.72. The number of ether oxygens (including phenoxy) is 1. The fourth-order valence-corrected chi connectivity index (χ4v) is 2.56. The molecule has 0 amide bonds. The molecule has 3 nitrogen and oxygen atoms in total. The molecule has 2 aromatic carbocycles. The molecule has 0 saturated carbocycles. The van der Waals surface area contributed by atoms with E-state index in [1.807, 2.05) is 30.3 Å². The van der Waals surface area contributed by atoms with Gasteiger partial charge in [0.2, 0.25) is 5.76 Å². The molecule has 0 fully saturated rings. The Hall–Kier alpha value is -3.02. The highest BCUT2D eigenvalue weighted by atomic mass is 19.4. The van der Waals surface area contributed by atoms with E-state index in [0.29, 0.717) is 5.56 Å². The third-order valence-corrected chi connectivity index (χ3v) is 3.76. The van der Waals surface area contributed by atoms with E-state index in [1.54, 1.807) is 24.3 Å². The van der Waals surface area contributed by atoms with Crippen molar-refractivity contribution in [2.75, 3.05) is 6.61 Å². The van der Waals surface area contributed by atoms with Gasteiger partial charge in [-0.05, 0) is 24.1 Å². The predicted molar refractivity (Wildman–Crippen MR) is 90.5 cm³/mol. The number of hydrogen-bond donors (Lipinski definition) is 0. The number of benzene rings is 2. The van der Waals surface area contributed by atoms with Gasteiger partial charge >= 0.3 is 12.1 Å². The molecule has 0 bridgehead atoms. The fraction of sp³-hybridized carbons (Fsp3) is 0.150. The van der Waals surface area contributed by atoms with Crippen molar-refractivity contribution in [3.05, 3.63) is 72.0 Å². The molecule has 26 heavy (non-hydrogen) atoms. The zero-order valence-electron chi connectivity index (χ0n) is 13.8. The van der Waals surface area contributed by atoms with Crippen LogP contribution in [-0.4, -0.2) is 12.6 Å². The molecule has 6 heteroatoms. The summed E-state index contributed by atoms with van der Waals surface area (Å²) < 4.78 is 49.1. The van der Waals surface area contributed by atoms with Gasteiger partial charge in [0.25, 0.3) is 0 Å². The van der Waals surface area contributed by atoms with Crippen LogP contribution >= 0.6 is 0 Å². The van der Waals surface area contributed by atoms with E-state index in [0.717, 1.165) is 17.2 Å². The first kappa shape index (κ1) is 17.8. The molecular formula is C20H15F3O3. The van der Waals surface area contributed by atoms with Crippen LogP contribution in [0.2, 0.25) is 0 Å². The molecule has 0 aliphatic carbocycles. The van der Waals surface area contributed by atoms with E-state index in [2.05, 4.69) is 0 Å². The Balaban J connectivity index is 1.98. The minimum absolute atomic E-state index is 0.0254. The van der Waals surface area contributed by atoms with Crippen LogP contribution in [0.15, 0.2) is 65.1 Å². The smallest absolute Gasteiger partial charge is 0.450 e. The average molecular weight is 360 g/mol. The van der Waals surface area contributed by atoms with E-state index in [1.165, 1.54) is 6.92 Å². The van der Waals surface area contributed by atoms with Crippen LogP contribution in [0, 0.1) is 0 Å². The van der Waals surface area contributed by atoms with Crippen LogP contribution in [0.1, 0.15) is 23.0 Å². The van der Waals surface area contributed by atoms with Crippen LogP contribution in [0.25, 0.3) is 22.5 Å². The third kappa shape index (κ3) is 3.64. The largest absolute Gasteiger partial charge is 0.462 e. The number of rotatable bonds is 4. The van der Waals surface area contributed by atoms with Gasteiger partial charge in [0.15, 0.2) is 0 Å². The van der Waals surface area contributed by atoms with Crippen molar-refractivity contribution in [2.24, 2.45) is 0 Å². The number of esters is 1. The summed E-state index contributed by atoms with van der Waals surface area (Å²) in [4.78, 5) is 11.8. The lowest BCUT2D eigenvalue weighted by Gasteiger charge is -2.05. The van der Waals surface area contributed by atoms with Gasteiger partial charge < -0.3 is 9.15 Å². The second-order valence-electron chi connectivity index (χ2n) is 5.52. The normalized spacial score (nSPS) is 11.4. The molecular weight excluding hydrogens is 345 g/mol. The summed E-state index contributed by atoms with van der Waals surface area (Å²) in [5, 5.41) is 0. The molecule has 0 aliphatic heterocycles. The van der Waals surface area contributed by atoms with Gasteiger partial charge in [0.1, 0.15) is 11.3 Å². The second-order valence-corrected chi connectivity index (χ2v) is 5.52. The molecule has 134 valence electrons. The lowest BCUT2D eigenvalue weighted by atomic mass is 10.0. The van der Waals surface area contributed by atoms with Crippen molar-refractivity contribution in [1.82, 2.24) is 0 Å². The Bertz CT molecular complexity index is 894. The van der Waals surface area contributed by atoms with Crippen molar-refractivity contribution >= 4 is 5.97 Å². The predicted octanol–water partition coefficient (Wildman–Crippen LogP) is 5.81. The highest BCUT2D eigenvalue weighted by Gasteiger charge is 2.41. The van der Waals surface area contributed by atoms with Gasteiger partial charge in [-0.25, -0.2) is 4.79 Å². The molecule has 0 radical (unpaired) electrons. The Morgan fingerprint density at radius 1 is 0.962 bits per heavy atom. The SMILES string of the molecule is CCOC(=O)c1cc(-c2ccc(-c3ccccc3)cc2)oc1C(F)(F)F. The lowest BCUT2D eigenvalue weighted by Crippen LogP contribution is -2.12. The third-order valence-electron chi connectivity index (χ3n) is 3.76. The van der Waals surface area contributed by atoms with Crippen molar-refractivity contribution in [3.63, 3.8) is 0 Å². The van der Waals surface area contributed by atoms with Crippen LogP contribution in [-0.2, 0) is 10.9 Å². The number of hydrogen-bond acceptors (Lipinski definition) is 3. The summed E-state index contributed by atoms with van der Waals surface area (Å²) >= 11 is 0. The molecule has 0 spiro atoms. The summed E-state index contributed by atoms with van der Waals surface area (Å²) in [6, 6.07) is 17.5. The molecule has 3 rings (SSSR count). The van der Waals surface area contributed by atoms with Crippen LogP contribution in [0.3, 0.4) is 0 Å². The highest BCUT2D eigenvalue weighted by Crippen LogP contribution is 2.38. The molecule has 0 saturated heterocycles. The minimum atomic E-state index is -4.79. The number of carbonyl (C=O) groups excluding carboxylic acids is 1. The molecule has 1 aromatic heterocycles. The van der Waals surface area contributed by atoms with E-state index in [-0.39, 0.29) is 12.4 Å². The van der Waals surface area contributed by atoms with Gasteiger partial charge in [0.05, 0.1) is 6.61 Å². The maximum Gasteiger partial charge on any atom is 0.450 e. The molecule has 0 unspecified atom stereocenters. The first-order chi connectivity index (χ1) is 12.4. The Morgan fingerprint density at radius 2 is 1.54 bits per heavy atom. The van der Waals surface area contributed by atoms with Gasteiger partial charge in [-0.15, -0.1) is 0 Å². The number of carbonyl (C=O) groups is 1. The topological polar surface area (TPSA) is 39.4 Å². The molecule has 1 heterocycles.